The minimum Gasteiger partial charge on any atom is -0.457 e. The van der Waals surface area contributed by atoms with Gasteiger partial charge in [-0.15, -0.1) is 0 Å². The van der Waals surface area contributed by atoms with Crippen LogP contribution in [-0.2, 0) is 5.41 Å². The monoisotopic (exact) mass is 857 g/mol. The standard InChI is InChI=1S/C60H49N4O/c1-40-18-14-19-41(2)57(40)52-29-17-28-51-50-33-32-47(38-55(50)64(59(51)52)56-36-44(34-35-61-56)60(3,4)5)65-46-25-15-24-45(37-46)62-39-63(54-31-13-12-30-53(54)62)58-48(42-20-8-6-9-21-42)26-16-27-49(58)43-22-10-7-11-23-43/h6-39H,1-5H3/q+1/i1D3,2D3,6D,7D,8D,9D,10D,11D,20D,21D,22D,23D. The number of benzene rings is 8. The second-order valence-corrected chi connectivity index (χ2v) is 16.7. The van der Waals surface area contributed by atoms with Gasteiger partial charge in [-0.1, -0.05) is 154 Å². The van der Waals surface area contributed by atoms with Gasteiger partial charge in [0.25, 0.3) is 6.33 Å². The van der Waals surface area contributed by atoms with E-state index in [1.165, 1.54) is 18.2 Å². The maximum absolute atomic E-state index is 9.06. The lowest BCUT2D eigenvalue weighted by Crippen LogP contribution is -2.30. The lowest BCUT2D eigenvalue weighted by atomic mass is 9.88. The van der Waals surface area contributed by atoms with Crippen molar-refractivity contribution in [1.29, 1.82) is 0 Å². The number of hydrogen-bond acceptors (Lipinski definition) is 2. The molecule has 0 bridgehead atoms. The maximum atomic E-state index is 9.06. The smallest absolute Gasteiger partial charge is 0.255 e. The summed E-state index contributed by atoms with van der Waals surface area (Å²) in [5.41, 5.74) is 4.05. The molecule has 314 valence electrons. The highest BCUT2D eigenvalue weighted by molar-refractivity contribution is 6.14. The second kappa shape index (κ2) is 16.0. The number of imidazole rings is 1. The fourth-order valence-electron chi connectivity index (χ4n) is 8.70. The van der Waals surface area contributed by atoms with Crippen LogP contribution >= 0.6 is 0 Å². The van der Waals surface area contributed by atoms with Crippen LogP contribution in [0.25, 0.3) is 83.4 Å². The third-order valence-corrected chi connectivity index (χ3v) is 11.7. The van der Waals surface area contributed by atoms with E-state index in [9.17, 15) is 0 Å². The number of hydrogen-bond donors (Lipinski definition) is 0. The van der Waals surface area contributed by atoms with Crippen LogP contribution in [0, 0.1) is 13.7 Å². The van der Waals surface area contributed by atoms with Crippen molar-refractivity contribution in [3.8, 4) is 62.1 Å². The number of ether oxygens (including phenoxy) is 1. The summed E-state index contributed by atoms with van der Waals surface area (Å²) >= 11 is 0. The molecule has 3 heterocycles. The van der Waals surface area contributed by atoms with Gasteiger partial charge < -0.3 is 4.74 Å². The van der Waals surface area contributed by atoms with Crippen LogP contribution in [0.3, 0.4) is 0 Å². The summed E-state index contributed by atoms with van der Waals surface area (Å²) in [6.07, 6.45) is 3.44. The minimum atomic E-state index is -2.67. The molecule has 0 radical (unpaired) electrons. The third kappa shape index (κ3) is 7.06. The topological polar surface area (TPSA) is 35.9 Å². The zero-order chi connectivity index (χ0) is 57.9. The van der Waals surface area contributed by atoms with Crippen LogP contribution < -0.4 is 9.30 Å². The number of rotatable bonds is 8. The Morgan fingerprint density at radius 1 is 0.600 bits per heavy atom. The largest absolute Gasteiger partial charge is 0.457 e. The van der Waals surface area contributed by atoms with Crippen molar-refractivity contribution in [1.82, 2.24) is 14.1 Å². The molecule has 11 rings (SSSR count). The highest BCUT2D eigenvalue weighted by Gasteiger charge is 2.26. The molecule has 8 aromatic carbocycles. The molecule has 0 aliphatic carbocycles. The van der Waals surface area contributed by atoms with E-state index >= 15 is 0 Å². The highest BCUT2D eigenvalue weighted by Crippen LogP contribution is 2.42. The van der Waals surface area contributed by atoms with Gasteiger partial charge in [-0.05, 0) is 101 Å². The molecule has 5 heteroatoms. The van der Waals surface area contributed by atoms with E-state index < -0.39 is 74.1 Å². The molecule has 0 aliphatic heterocycles. The Kier molecular flexibility index (Phi) is 6.37. The zero-order valence-corrected chi connectivity index (χ0v) is 35.6. The Labute approximate surface area is 402 Å². The van der Waals surface area contributed by atoms with Gasteiger partial charge in [-0.3, -0.25) is 4.57 Å². The minimum absolute atomic E-state index is 0.0918. The Morgan fingerprint density at radius 2 is 1.26 bits per heavy atom. The molecule has 0 aliphatic rings. The number of aromatic nitrogens is 4. The zero-order valence-electron chi connectivity index (χ0n) is 51.6. The summed E-state index contributed by atoms with van der Waals surface area (Å²) in [5.74, 6) is 1.32. The summed E-state index contributed by atoms with van der Waals surface area (Å²) in [6.45, 7) is 0.914. The first kappa shape index (κ1) is 25.9. The van der Waals surface area contributed by atoms with E-state index in [1.807, 2.05) is 75.9 Å². The summed E-state index contributed by atoms with van der Waals surface area (Å²) in [5, 5.41) is 1.47. The third-order valence-electron chi connectivity index (χ3n) is 11.7. The number of nitrogens with zero attached hydrogens (tertiary/aromatic N) is 4. The molecular formula is C60H49N4O+. The van der Waals surface area contributed by atoms with Crippen LogP contribution in [0.1, 0.15) is 59.4 Å². The van der Waals surface area contributed by atoms with Gasteiger partial charge in [-0.25, -0.2) is 4.98 Å². The normalized spacial score (nSPS) is 15.7. The van der Waals surface area contributed by atoms with Crippen LogP contribution in [0.15, 0.2) is 206 Å². The predicted octanol–water partition coefficient (Wildman–Crippen LogP) is 15.1. The summed E-state index contributed by atoms with van der Waals surface area (Å²) in [6, 6.07) is 33.0. The van der Waals surface area contributed by atoms with E-state index in [0.29, 0.717) is 56.0 Å². The molecule has 0 N–H and O–H groups in total. The van der Waals surface area contributed by atoms with Crippen molar-refractivity contribution < 1.29 is 31.2 Å². The molecular weight excluding hydrogens is 793 g/mol. The van der Waals surface area contributed by atoms with Gasteiger partial charge in [0, 0.05) is 54.0 Å². The molecule has 0 atom stereocenters. The van der Waals surface area contributed by atoms with Crippen LogP contribution in [-0.4, -0.2) is 14.1 Å². The summed E-state index contributed by atoms with van der Waals surface area (Å²) in [7, 11) is 0. The lowest BCUT2D eigenvalue weighted by molar-refractivity contribution is -0.566. The van der Waals surface area contributed by atoms with Gasteiger partial charge in [0.05, 0.1) is 24.7 Å². The molecule has 0 amide bonds. The molecule has 65 heavy (non-hydrogen) atoms. The van der Waals surface area contributed by atoms with Crippen LogP contribution in [0.2, 0.25) is 0 Å². The molecule has 0 saturated carbocycles. The van der Waals surface area contributed by atoms with Crippen molar-refractivity contribution in [3.05, 3.63) is 223 Å². The molecule has 11 aromatic rings. The Bertz CT molecular complexity index is 4240. The van der Waals surface area contributed by atoms with Crippen molar-refractivity contribution in [2.24, 2.45) is 0 Å². The van der Waals surface area contributed by atoms with E-state index in [2.05, 4.69) is 20.8 Å². The van der Waals surface area contributed by atoms with Crippen molar-refractivity contribution >= 4 is 32.8 Å². The number of para-hydroxylation sites is 4. The first-order chi connectivity index (χ1) is 38.3. The maximum Gasteiger partial charge on any atom is 0.255 e. The quantitative estimate of drug-likeness (QED) is 0.143. The molecule has 0 spiro atoms. The predicted molar refractivity (Wildman–Crippen MR) is 268 cm³/mol. The van der Waals surface area contributed by atoms with Crippen molar-refractivity contribution in [2.75, 3.05) is 0 Å². The number of fused-ring (bicyclic) bond motifs is 4. The first-order valence-corrected chi connectivity index (χ1v) is 21.0. The Hall–Kier alpha value is -8.02. The second-order valence-electron chi connectivity index (χ2n) is 16.7. The Balaban J connectivity index is 1.11. The average Bonchev–Trinajstić information content (AvgIpc) is 4.10. The van der Waals surface area contributed by atoms with Gasteiger partial charge in [0.2, 0.25) is 0 Å². The number of aryl methyl sites for hydroxylation is 2. The van der Waals surface area contributed by atoms with Crippen LogP contribution in [0.5, 0.6) is 11.5 Å². The highest BCUT2D eigenvalue weighted by atomic mass is 16.5. The van der Waals surface area contributed by atoms with Crippen LogP contribution in [0.4, 0.5) is 0 Å². The van der Waals surface area contributed by atoms with Gasteiger partial charge in [0.15, 0.2) is 11.0 Å². The average molecular weight is 858 g/mol. The van der Waals surface area contributed by atoms with E-state index in [0.717, 1.165) is 10.9 Å². The van der Waals surface area contributed by atoms with E-state index in [4.69, 9.17) is 31.7 Å². The molecule has 0 saturated heterocycles. The SMILES string of the molecule is [2H]c1c([2H])c([2H])c(-c2cccc(-c3c([2H])c([2H])c([2H])c([2H])c3[2H])c2-[n+]2cn(-c3cccc(Oc4ccc5c6cccc(-c7c(C([2H])([2H])[2H])cccc7C([2H])([2H])[2H])c6n(-c6cc(C(C)(C)C)ccn6)c5c4)c3)c3ccccc32)c([2H])c1[2H]. The fraction of sp³-hybridized carbons (Fsp3) is 0.100. The van der Waals surface area contributed by atoms with Gasteiger partial charge in [0.1, 0.15) is 28.7 Å². The van der Waals surface area contributed by atoms with Crippen molar-refractivity contribution in [2.45, 2.75) is 39.9 Å². The van der Waals surface area contributed by atoms with E-state index in [-0.39, 0.29) is 50.0 Å². The summed E-state index contributed by atoms with van der Waals surface area (Å²) in [4.78, 5) is 4.87. The molecule has 3 aromatic heterocycles. The first-order valence-electron chi connectivity index (χ1n) is 29.0. The number of pyridine rings is 1. The summed E-state index contributed by atoms with van der Waals surface area (Å²) < 4.78 is 151. The Morgan fingerprint density at radius 3 is 1.98 bits per heavy atom. The van der Waals surface area contributed by atoms with Gasteiger partial charge in [-0.2, -0.15) is 9.13 Å². The van der Waals surface area contributed by atoms with Crippen molar-refractivity contribution in [3.63, 3.8) is 0 Å². The fourth-order valence-corrected chi connectivity index (χ4v) is 8.70. The molecule has 0 unspecified atom stereocenters. The molecule has 0 fully saturated rings. The van der Waals surface area contributed by atoms with Gasteiger partial charge >= 0.3 is 0 Å². The molecule has 5 nitrogen and oxygen atoms in total. The van der Waals surface area contributed by atoms with E-state index in [1.54, 1.807) is 65.6 Å². The lowest BCUT2D eigenvalue weighted by Gasteiger charge is -2.20.